The molecule has 0 heterocycles. The second kappa shape index (κ2) is 12.4. The maximum absolute atomic E-state index is 13.7. The zero-order valence-corrected chi connectivity index (χ0v) is 14.4. The molecule has 0 aromatic heterocycles. The molecule has 0 aliphatic rings. The van der Waals surface area contributed by atoms with Gasteiger partial charge in [-0.1, -0.05) is 59.8 Å². The highest BCUT2D eigenvalue weighted by Gasteiger charge is 2.14. The fourth-order valence-corrected chi connectivity index (χ4v) is 1.19. The van der Waals surface area contributed by atoms with Crippen LogP contribution in [0.3, 0.4) is 0 Å². The minimum atomic E-state index is -1.10. The molecule has 0 spiro atoms. The van der Waals surface area contributed by atoms with Gasteiger partial charge in [0.15, 0.2) is 5.83 Å². The normalized spacial score (nSPS) is 13.6. The predicted molar refractivity (Wildman–Crippen MR) is 88.3 cm³/mol. The van der Waals surface area contributed by atoms with E-state index in [-0.39, 0.29) is 11.3 Å². The van der Waals surface area contributed by atoms with Gasteiger partial charge < -0.3 is 4.74 Å². The summed E-state index contributed by atoms with van der Waals surface area (Å²) >= 11 is 0. The Hall–Kier alpha value is -1.38. The Kier molecular flexibility index (Phi) is 12.9. The Balaban J connectivity index is 0. The molecular formula is C18H30F2O. The molecule has 122 valence electrons. The summed E-state index contributed by atoms with van der Waals surface area (Å²) in [6.07, 6.45) is 4.99. The minimum Gasteiger partial charge on any atom is -0.494 e. The first-order valence-corrected chi connectivity index (χ1v) is 7.41. The number of ether oxygens (including phenoxy) is 1. The second-order valence-corrected chi connectivity index (χ2v) is 5.08. The van der Waals surface area contributed by atoms with E-state index < -0.39 is 11.7 Å². The van der Waals surface area contributed by atoms with Crippen molar-refractivity contribution in [3.05, 3.63) is 47.8 Å². The van der Waals surface area contributed by atoms with Crippen LogP contribution in [0.5, 0.6) is 0 Å². The summed E-state index contributed by atoms with van der Waals surface area (Å²) < 4.78 is 31.7. The van der Waals surface area contributed by atoms with Crippen LogP contribution in [0.25, 0.3) is 0 Å². The average Bonchev–Trinajstić information content (AvgIpc) is 2.49. The molecule has 0 aliphatic carbocycles. The second-order valence-electron chi connectivity index (χ2n) is 5.08. The monoisotopic (exact) mass is 300 g/mol. The van der Waals surface area contributed by atoms with Gasteiger partial charge in [0.2, 0.25) is 5.83 Å². The third-order valence-corrected chi connectivity index (χ3v) is 2.95. The van der Waals surface area contributed by atoms with Crippen LogP contribution < -0.4 is 0 Å². The summed E-state index contributed by atoms with van der Waals surface area (Å²) in [6.45, 7) is 17.0. The Morgan fingerprint density at radius 2 is 1.62 bits per heavy atom. The van der Waals surface area contributed by atoms with Crippen molar-refractivity contribution >= 4 is 0 Å². The Labute approximate surface area is 129 Å². The highest BCUT2D eigenvalue weighted by Crippen LogP contribution is 2.27. The van der Waals surface area contributed by atoms with E-state index in [1.165, 1.54) is 13.5 Å². The first-order valence-electron chi connectivity index (χ1n) is 7.41. The van der Waals surface area contributed by atoms with E-state index in [0.29, 0.717) is 11.5 Å². The summed E-state index contributed by atoms with van der Waals surface area (Å²) in [5, 5.41) is 0. The maximum atomic E-state index is 13.7. The maximum Gasteiger partial charge on any atom is 0.200 e. The van der Waals surface area contributed by atoms with Gasteiger partial charge in [0, 0.05) is 5.57 Å². The third-order valence-electron chi connectivity index (χ3n) is 2.95. The van der Waals surface area contributed by atoms with Gasteiger partial charge in [-0.3, -0.25) is 0 Å². The molecule has 1 atom stereocenters. The van der Waals surface area contributed by atoms with Gasteiger partial charge in [-0.15, -0.1) is 0 Å². The molecule has 0 aliphatic heterocycles. The standard InChI is InChI=1S/C15H22F2O.C3H8/c1-7-10(2)8-9-11(3)12(4)14(16)15(17)13(5)18-6;1-3-2/h9-10H,4-5,7-8H2,1-3,6H3;3H2,1-2H3/b11-9+,15-14-;. The summed E-state index contributed by atoms with van der Waals surface area (Å²) in [4.78, 5) is 0. The predicted octanol–water partition coefficient (Wildman–Crippen LogP) is 6.65. The molecule has 1 nitrogen and oxygen atoms in total. The van der Waals surface area contributed by atoms with E-state index in [4.69, 9.17) is 0 Å². The lowest BCUT2D eigenvalue weighted by Crippen LogP contribution is -1.94. The third kappa shape index (κ3) is 9.22. The zero-order chi connectivity index (χ0) is 17.0. The highest BCUT2D eigenvalue weighted by molar-refractivity contribution is 5.44. The van der Waals surface area contributed by atoms with Gasteiger partial charge in [-0.25, -0.2) is 4.39 Å². The summed E-state index contributed by atoms with van der Waals surface area (Å²) in [5.74, 6) is -1.93. The number of hydrogen-bond donors (Lipinski definition) is 0. The van der Waals surface area contributed by atoms with Crippen molar-refractivity contribution in [1.29, 1.82) is 0 Å². The molecule has 0 amide bonds. The van der Waals surface area contributed by atoms with E-state index in [1.54, 1.807) is 6.92 Å². The van der Waals surface area contributed by atoms with Gasteiger partial charge in [0.05, 0.1) is 7.11 Å². The Morgan fingerprint density at radius 1 is 1.14 bits per heavy atom. The van der Waals surface area contributed by atoms with Gasteiger partial charge in [0.1, 0.15) is 5.76 Å². The lowest BCUT2D eigenvalue weighted by molar-refractivity contribution is 0.281. The fraction of sp³-hybridized carbons (Fsp3) is 0.556. The van der Waals surface area contributed by atoms with Gasteiger partial charge in [-0.05, 0) is 24.8 Å². The van der Waals surface area contributed by atoms with Crippen LogP contribution in [0, 0.1) is 5.92 Å². The number of rotatable bonds is 7. The molecule has 0 aromatic carbocycles. The van der Waals surface area contributed by atoms with Crippen molar-refractivity contribution < 1.29 is 13.5 Å². The van der Waals surface area contributed by atoms with E-state index in [1.807, 2.05) is 6.08 Å². The number of halogens is 2. The minimum absolute atomic E-state index is 0.0361. The number of methoxy groups -OCH3 is 1. The Bertz CT molecular complexity index is 392. The molecule has 0 N–H and O–H groups in total. The number of allylic oxidation sites excluding steroid dienone is 5. The van der Waals surface area contributed by atoms with E-state index in [2.05, 4.69) is 45.6 Å². The summed E-state index contributed by atoms with van der Waals surface area (Å²) in [6, 6.07) is 0. The van der Waals surface area contributed by atoms with Crippen LogP contribution in [0.2, 0.25) is 0 Å². The van der Waals surface area contributed by atoms with Crippen LogP contribution >= 0.6 is 0 Å². The van der Waals surface area contributed by atoms with Gasteiger partial charge in [0.25, 0.3) is 0 Å². The number of hydrogen-bond acceptors (Lipinski definition) is 1. The van der Waals surface area contributed by atoms with Crippen LogP contribution in [0.1, 0.15) is 53.9 Å². The average molecular weight is 300 g/mol. The molecule has 0 saturated heterocycles. The fourth-order valence-electron chi connectivity index (χ4n) is 1.19. The van der Waals surface area contributed by atoms with Crippen LogP contribution in [-0.2, 0) is 4.74 Å². The molecule has 0 radical (unpaired) electrons. The van der Waals surface area contributed by atoms with Crippen molar-refractivity contribution in [2.75, 3.05) is 7.11 Å². The van der Waals surface area contributed by atoms with Gasteiger partial charge >= 0.3 is 0 Å². The molecule has 0 bridgehead atoms. The first-order chi connectivity index (χ1) is 9.76. The molecule has 0 fully saturated rings. The largest absolute Gasteiger partial charge is 0.494 e. The van der Waals surface area contributed by atoms with Crippen molar-refractivity contribution in [2.24, 2.45) is 5.92 Å². The zero-order valence-electron chi connectivity index (χ0n) is 14.4. The molecule has 0 rings (SSSR count). The lowest BCUT2D eigenvalue weighted by atomic mass is 10.0. The van der Waals surface area contributed by atoms with Gasteiger partial charge in [-0.2, -0.15) is 4.39 Å². The Morgan fingerprint density at radius 3 is 2.00 bits per heavy atom. The first kappa shape index (κ1) is 21.9. The van der Waals surface area contributed by atoms with Crippen molar-refractivity contribution in [3.63, 3.8) is 0 Å². The van der Waals surface area contributed by atoms with Crippen LogP contribution in [0.15, 0.2) is 47.8 Å². The molecular weight excluding hydrogens is 270 g/mol. The topological polar surface area (TPSA) is 9.23 Å². The SMILES string of the molecule is C=C(OC)/C(F)=C(/F)C(=C)/C(C)=C/CC(C)CC.CCC. The van der Waals surface area contributed by atoms with Crippen LogP contribution in [0.4, 0.5) is 8.78 Å². The highest BCUT2D eigenvalue weighted by atomic mass is 19.2. The smallest absolute Gasteiger partial charge is 0.200 e. The van der Waals surface area contributed by atoms with Crippen molar-refractivity contribution in [3.8, 4) is 0 Å². The van der Waals surface area contributed by atoms with Crippen LogP contribution in [-0.4, -0.2) is 7.11 Å². The van der Waals surface area contributed by atoms with E-state index in [0.717, 1.165) is 12.8 Å². The van der Waals surface area contributed by atoms with E-state index in [9.17, 15) is 8.78 Å². The molecule has 0 saturated carbocycles. The van der Waals surface area contributed by atoms with Crippen molar-refractivity contribution in [2.45, 2.75) is 53.9 Å². The van der Waals surface area contributed by atoms with E-state index >= 15 is 0 Å². The molecule has 1 unspecified atom stereocenters. The molecule has 3 heteroatoms. The quantitative estimate of drug-likeness (QED) is 0.377. The van der Waals surface area contributed by atoms with Crippen molar-refractivity contribution in [1.82, 2.24) is 0 Å². The summed E-state index contributed by atoms with van der Waals surface area (Å²) in [5.41, 5.74) is 0.667. The lowest BCUT2D eigenvalue weighted by Gasteiger charge is -2.09. The molecule has 0 aromatic rings. The summed E-state index contributed by atoms with van der Waals surface area (Å²) in [7, 11) is 1.24. The molecule has 21 heavy (non-hydrogen) atoms.